The van der Waals surface area contributed by atoms with E-state index >= 15 is 0 Å². The summed E-state index contributed by atoms with van der Waals surface area (Å²) in [5.74, 6) is 0.214. The molecule has 0 spiro atoms. The molecule has 0 aromatic heterocycles. The molecule has 1 aliphatic heterocycles. The second-order valence-electron chi connectivity index (χ2n) is 5.87. The highest BCUT2D eigenvalue weighted by Crippen LogP contribution is 2.34. The molecule has 26 heavy (non-hydrogen) atoms. The van der Waals surface area contributed by atoms with Crippen LogP contribution in [0.3, 0.4) is 0 Å². The van der Waals surface area contributed by atoms with Gasteiger partial charge in [-0.2, -0.15) is 0 Å². The monoisotopic (exact) mass is 436 g/mol. The van der Waals surface area contributed by atoms with Gasteiger partial charge in [-0.1, -0.05) is 28.1 Å². The number of nitrogens with zero attached hydrogens (tertiary/aromatic N) is 1. The zero-order chi connectivity index (χ0) is 18.5. The second kappa shape index (κ2) is 8.68. The molecular formula is C19H18BrFN2O2S. The number of amides is 2. The number of para-hydroxylation sites is 1. The number of hydrogen-bond donors (Lipinski definition) is 1. The summed E-state index contributed by atoms with van der Waals surface area (Å²) in [7, 11) is 0. The molecule has 0 radical (unpaired) electrons. The summed E-state index contributed by atoms with van der Waals surface area (Å²) >= 11 is 5.06. The summed E-state index contributed by atoms with van der Waals surface area (Å²) in [6.07, 6.45) is 0.257. The number of rotatable bonds is 5. The summed E-state index contributed by atoms with van der Waals surface area (Å²) in [6, 6.07) is 12.1. The number of carbonyl (C=O) groups excluding carboxylic acids is 2. The van der Waals surface area contributed by atoms with Crippen molar-refractivity contribution in [3.8, 4) is 0 Å². The number of halogens is 2. The number of thioether (sulfide) groups is 1. The zero-order valence-corrected chi connectivity index (χ0v) is 16.4. The Hall–Kier alpha value is -1.86. The Morgan fingerprint density at radius 3 is 2.85 bits per heavy atom. The van der Waals surface area contributed by atoms with Crippen LogP contribution in [0.15, 0.2) is 51.8 Å². The van der Waals surface area contributed by atoms with Crippen LogP contribution in [0.5, 0.6) is 0 Å². The molecule has 0 atom stereocenters. The van der Waals surface area contributed by atoms with Crippen molar-refractivity contribution in [2.45, 2.75) is 24.3 Å². The van der Waals surface area contributed by atoms with Crippen molar-refractivity contribution >= 4 is 45.2 Å². The molecule has 0 aliphatic carbocycles. The normalized spacial score (nSPS) is 13.2. The molecule has 0 unspecified atom stereocenters. The van der Waals surface area contributed by atoms with Gasteiger partial charge in [-0.15, -0.1) is 11.8 Å². The van der Waals surface area contributed by atoms with Gasteiger partial charge in [0.25, 0.3) is 0 Å². The maximum absolute atomic E-state index is 13.3. The van der Waals surface area contributed by atoms with Gasteiger partial charge in [0.05, 0.1) is 5.69 Å². The Kier molecular flexibility index (Phi) is 6.32. The number of benzene rings is 2. The Morgan fingerprint density at radius 2 is 2.00 bits per heavy atom. The molecule has 4 nitrogen and oxygen atoms in total. The Labute approximate surface area is 164 Å². The highest BCUT2D eigenvalue weighted by atomic mass is 79.9. The predicted molar refractivity (Wildman–Crippen MR) is 105 cm³/mol. The molecule has 1 N–H and O–H groups in total. The van der Waals surface area contributed by atoms with E-state index in [1.807, 2.05) is 24.3 Å². The van der Waals surface area contributed by atoms with Gasteiger partial charge in [-0.05, 0) is 35.9 Å². The number of carbonyl (C=O) groups is 2. The average Bonchev–Trinajstić information content (AvgIpc) is 2.66. The molecule has 136 valence electrons. The second-order valence-corrected chi connectivity index (χ2v) is 7.87. The largest absolute Gasteiger partial charge is 0.352 e. The lowest BCUT2D eigenvalue weighted by Crippen LogP contribution is -2.36. The van der Waals surface area contributed by atoms with Crippen LogP contribution in [-0.4, -0.2) is 24.1 Å². The molecule has 3 rings (SSSR count). The first kappa shape index (κ1) is 18.9. The molecule has 2 aromatic rings. The molecule has 2 aromatic carbocycles. The SMILES string of the molecule is O=C(CCC(=O)N1CCSc2ccccc21)NCc1cc(F)ccc1Br. The van der Waals surface area contributed by atoms with Crippen LogP contribution < -0.4 is 10.2 Å². The van der Waals surface area contributed by atoms with Crippen LogP contribution >= 0.6 is 27.7 Å². The molecule has 2 amide bonds. The van der Waals surface area contributed by atoms with Crippen LogP contribution in [0.25, 0.3) is 0 Å². The van der Waals surface area contributed by atoms with Crippen LogP contribution in [0.1, 0.15) is 18.4 Å². The van der Waals surface area contributed by atoms with Crippen molar-refractivity contribution in [1.82, 2.24) is 5.32 Å². The van der Waals surface area contributed by atoms with Gasteiger partial charge >= 0.3 is 0 Å². The summed E-state index contributed by atoms with van der Waals surface area (Å²) in [5.41, 5.74) is 1.57. The van der Waals surface area contributed by atoms with E-state index in [1.165, 1.54) is 12.1 Å². The highest BCUT2D eigenvalue weighted by Gasteiger charge is 2.22. The van der Waals surface area contributed by atoms with Gasteiger partial charge in [-0.25, -0.2) is 4.39 Å². The Balaban J connectivity index is 1.52. The summed E-state index contributed by atoms with van der Waals surface area (Å²) in [4.78, 5) is 27.4. The van der Waals surface area contributed by atoms with E-state index in [2.05, 4.69) is 21.2 Å². The summed E-state index contributed by atoms with van der Waals surface area (Å²) in [5, 5.41) is 2.73. The third-order valence-corrected chi connectivity index (χ3v) is 5.90. The molecule has 0 bridgehead atoms. The topological polar surface area (TPSA) is 49.4 Å². The lowest BCUT2D eigenvalue weighted by atomic mass is 10.2. The van der Waals surface area contributed by atoms with Crippen molar-refractivity contribution in [3.05, 3.63) is 58.3 Å². The maximum Gasteiger partial charge on any atom is 0.227 e. The lowest BCUT2D eigenvalue weighted by Gasteiger charge is -2.29. The van der Waals surface area contributed by atoms with E-state index in [0.717, 1.165) is 20.8 Å². The van der Waals surface area contributed by atoms with Crippen LogP contribution in [0, 0.1) is 5.82 Å². The average molecular weight is 437 g/mol. The molecule has 1 aliphatic rings. The van der Waals surface area contributed by atoms with E-state index in [0.29, 0.717) is 12.1 Å². The van der Waals surface area contributed by atoms with Gasteiger partial charge in [0, 0.05) is 41.1 Å². The first-order valence-corrected chi connectivity index (χ1v) is 10.1. The minimum Gasteiger partial charge on any atom is -0.352 e. The first-order chi connectivity index (χ1) is 12.5. The minimum absolute atomic E-state index is 0.0557. The predicted octanol–water partition coefficient (Wildman–Crippen LogP) is 4.12. The van der Waals surface area contributed by atoms with E-state index < -0.39 is 0 Å². The molecule has 0 fully saturated rings. The van der Waals surface area contributed by atoms with Gasteiger partial charge in [0.1, 0.15) is 5.82 Å². The quantitative estimate of drug-likeness (QED) is 0.766. The van der Waals surface area contributed by atoms with Gasteiger partial charge < -0.3 is 10.2 Å². The van der Waals surface area contributed by atoms with Crippen LogP contribution in [0.4, 0.5) is 10.1 Å². The summed E-state index contributed by atoms with van der Waals surface area (Å²) < 4.78 is 14.0. The van der Waals surface area contributed by atoms with Gasteiger partial charge in [0.2, 0.25) is 11.8 Å². The number of anilines is 1. The van der Waals surface area contributed by atoms with Crippen molar-refractivity contribution in [3.63, 3.8) is 0 Å². The van der Waals surface area contributed by atoms with E-state index in [-0.39, 0.29) is 37.0 Å². The standard InChI is InChI=1S/C19H18BrFN2O2S/c20-15-6-5-14(21)11-13(15)12-22-18(24)7-8-19(25)23-9-10-26-17-4-2-1-3-16(17)23/h1-6,11H,7-10,12H2,(H,22,24). The fourth-order valence-electron chi connectivity index (χ4n) is 2.74. The fraction of sp³-hybridized carbons (Fsp3) is 0.263. The Bertz CT molecular complexity index is 831. The number of nitrogens with one attached hydrogen (secondary N) is 1. The van der Waals surface area contributed by atoms with Gasteiger partial charge in [-0.3, -0.25) is 9.59 Å². The molecule has 1 heterocycles. The van der Waals surface area contributed by atoms with E-state index in [4.69, 9.17) is 0 Å². The Morgan fingerprint density at radius 1 is 1.19 bits per heavy atom. The van der Waals surface area contributed by atoms with Gasteiger partial charge in [0.15, 0.2) is 0 Å². The molecule has 7 heteroatoms. The van der Waals surface area contributed by atoms with Crippen LogP contribution in [0.2, 0.25) is 0 Å². The van der Waals surface area contributed by atoms with E-state index in [9.17, 15) is 14.0 Å². The van der Waals surface area contributed by atoms with Crippen LogP contribution in [-0.2, 0) is 16.1 Å². The minimum atomic E-state index is -0.353. The third-order valence-electron chi connectivity index (χ3n) is 4.08. The van der Waals surface area contributed by atoms with Crippen molar-refractivity contribution in [1.29, 1.82) is 0 Å². The van der Waals surface area contributed by atoms with E-state index in [1.54, 1.807) is 22.7 Å². The zero-order valence-electron chi connectivity index (χ0n) is 14.0. The molecular weight excluding hydrogens is 419 g/mol. The molecule has 0 saturated heterocycles. The van der Waals surface area contributed by atoms with Crippen molar-refractivity contribution < 1.29 is 14.0 Å². The smallest absolute Gasteiger partial charge is 0.227 e. The molecule has 0 saturated carbocycles. The maximum atomic E-state index is 13.3. The third kappa shape index (κ3) is 4.65. The summed E-state index contributed by atoms with van der Waals surface area (Å²) in [6.45, 7) is 0.868. The number of fused-ring (bicyclic) bond motifs is 1. The fourth-order valence-corrected chi connectivity index (χ4v) is 4.13. The lowest BCUT2D eigenvalue weighted by molar-refractivity contribution is -0.125. The van der Waals surface area contributed by atoms with Crippen molar-refractivity contribution in [2.75, 3.05) is 17.2 Å². The first-order valence-electron chi connectivity index (χ1n) is 8.27. The van der Waals surface area contributed by atoms with Crippen molar-refractivity contribution in [2.24, 2.45) is 0 Å². The highest BCUT2D eigenvalue weighted by molar-refractivity contribution is 9.10. The number of hydrogen-bond acceptors (Lipinski definition) is 3.